The molecule has 4 heteroatoms. The molecule has 1 aliphatic rings. The van der Waals surface area contributed by atoms with Crippen LogP contribution in [-0.2, 0) is 12.0 Å². The Morgan fingerprint density at radius 3 is 2.38 bits per heavy atom. The number of rotatable bonds is 5. The van der Waals surface area contributed by atoms with Gasteiger partial charge in [-0.2, -0.15) is 0 Å². The molecule has 138 valence electrons. The van der Waals surface area contributed by atoms with Gasteiger partial charge in [0.25, 0.3) is 5.91 Å². The summed E-state index contributed by atoms with van der Waals surface area (Å²) in [6.07, 6.45) is 1.70. The van der Waals surface area contributed by atoms with Crippen molar-refractivity contribution < 1.29 is 4.79 Å². The first kappa shape index (κ1) is 18.9. The number of benzene rings is 2. The zero-order chi connectivity index (χ0) is 18.9. The van der Waals surface area contributed by atoms with Crippen molar-refractivity contribution in [1.82, 2.24) is 9.80 Å². The summed E-state index contributed by atoms with van der Waals surface area (Å²) in [6, 6.07) is 16.1. The van der Waals surface area contributed by atoms with Crippen molar-refractivity contribution in [3.05, 3.63) is 70.2 Å². The monoisotopic (exact) mass is 370 g/mol. The molecule has 0 saturated carbocycles. The lowest BCUT2D eigenvalue weighted by Gasteiger charge is -2.50. The summed E-state index contributed by atoms with van der Waals surface area (Å²) in [7, 11) is 4.15. The number of amides is 1. The second-order valence-corrected chi connectivity index (χ2v) is 8.13. The summed E-state index contributed by atoms with van der Waals surface area (Å²) in [4.78, 5) is 17.7. The van der Waals surface area contributed by atoms with Gasteiger partial charge in [-0.05, 0) is 63.7 Å². The molecule has 1 unspecified atom stereocenters. The lowest BCUT2D eigenvalue weighted by atomic mass is 9.74. The van der Waals surface area contributed by atoms with E-state index in [1.165, 1.54) is 0 Å². The van der Waals surface area contributed by atoms with Gasteiger partial charge in [-0.15, -0.1) is 0 Å². The van der Waals surface area contributed by atoms with Crippen LogP contribution in [0.25, 0.3) is 0 Å². The number of carbonyl (C=O) groups excluding carboxylic acids is 1. The molecule has 3 rings (SSSR count). The summed E-state index contributed by atoms with van der Waals surface area (Å²) in [6.45, 7) is 5.11. The van der Waals surface area contributed by atoms with Gasteiger partial charge >= 0.3 is 0 Å². The highest BCUT2D eigenvalue weighted by Crippen LogP contribution is 2.43. The summed E-state index contributed by atoms with van der Waals surface area (Å²) >= 11 is 6.14. The maximum atomic E-state index is 13.4. The van der Waals surface area contributed by atoms with E-state index in [0.717, 1.165) is 41.1 Å². The van der Waals surface area contributed by atoms with Gasteiger partial charge in [-0.25, -0.2) is 0 Å². The minimum absolute atomic E-state index is 0.105. The Kier molecular flexibility index (Phi) is 5.40. The van der Waals surface area contributed by atoms with Crippen LogP contribution in [0.3, 0.4) is 0 Å². The van der Waals surface area contributed by atoms with Gasteiger partial charge in [-0.1, -0.05) is 41.9 Å². The largest absolute Gasteiger partial charge is 0.326 e. The van der Waals surface area contributed by atoms with E-state index in [1.54, 1.807) is 0 Å². The van der Waals surface area contributed by atoms with Gasteiger partial charge in [0.05, 0.1) is 5.54 Å². The van der Waals surface area contributed by atoms with E-state index >= 15 is 0 Å². The lowest BCUT2D eigenvalue weighted by Crippen LogP contribution is -2.57. The predicted octanol–water partition coefficient (Wildman–Crippen LogP) is 4.59. The lowest BCUT2D eigenvalue weighted by molar-refractivity contribution is 0.0217. The van der Waals surface area contributed by atoms with Gasteiger partial charge in [0.15, 0.2) is 0 Å². The Morgan fingerprint density at radius 2 is 1.77 bits per heavy atom. The predicted molar refractivity (Wildman–Crippen MR) is 108 cm³/mol. The number of hydrogen-bond donors (Lipinski definition) is 0. The maximum absolute atomic E-state index is 13.4. The molecule has 1 aliphatic heterocycles. The third kappa shape index (κ3) is 3.38. The van der Waals surface area contributed by atoms with Gasteiger partial charge < -0.3 is 9.80 Å². The molecular formula is C22H27ClN2O. The fourth-order valence-electron chi connectivity index (χ4n) is 4.10. The zero-order valence-electron chi connectivity index (χ0n) is 16.0. The van der Waals surface area contributed by atoms with E-state index in [0.29, 0.717) is 0 Å². The van der Waals surface area contributed by atoms with E-state index in [2.05, 4.69) is 55.9 Å². The molecule has 0 radical (unpaired) electrons. The van der Waals surface area contributed by atoms with E-state index in [9.17, 15) is 4.79 Å². The molecule has 0 spiro atoms. The molecule has 2 aromatic rings. The Hall–Kier alpha value is -1.84. The van der Waals surface area contributed by atoms with Crippen molar-refractivity contribution in [3.8, 4) is 0 Å². The van der Waals surface area contributed by atoms with Crippen LogP contribution >= 0.6 is 11.6 Å². The van der Waals surface area contributed by atoms with Crippen LogP contribution in [-0.4, -0.2) is 42.4 Å². The van der Waals surface area contributed by atoms with Crippen molar-refractivity contribution >= 4 is 17.5 Å². The molecule has 1 amide bonds. The molecule has 0 aliphatic carbocycles. The van der Waals surface area contributed by atoms with Crippen molar-refractivity contribution in [1.29, 1.82) is 0 Å². The fourth-order valence-corrected chi connectivity index (χ4v) is 4.23. The Morgan fingerprint density at radius 1 is 1.12 bits per heavy atom. The standard InChI is InChI=1S/C22H27ClN2O/c1-16(2)25-21(26)20-8-6-5-7-17(20)15-22(25,13-14-24(3)4)18-9-11-19(23)12-10-18/h5-12,16H,13-15H2,1-4H3. The Labute approximate surface area is 161 Å². The first-order valence-electron chi connectivity index (χ1n) is 9.17. The molecule has 0 saturated heterocycles. The van der Waals surface area contributed by atoms with E-state index < -0.39 is 0 Å². The molecule has 0 aromatic heterocycles. The normalized spacial score (nSPS) is 20.0. The minimum atomic E-state index is -0.367. The van der Waals surface area contributed by atoms with Crippen molar-refractivity contribution in [3.63, 3.8) is 0 Å². The first-order chi connectivity index (χ1) is 12.3. The smallest absolute Gasteiger partial charge is 0.255 e. The van der Waals surface area contributed by atoms with Crippen LogP contribution in [0.5, 0.6) is 0 Å². The highest BCUT2D eigenvalue weighted by molar-refractivity contribution is 6.30. The average Bonchev–Trinajstić information content (AvgIpc) is 2.60. The summed E-state index contributed by atoms with van der Waals surface area (Å²) < 4.78 is 0. The van der Waals surface area contributed by atoms with Crippen LogP contribution < -0.4 is 0 Å². The van der Waals surface area contributed by atoms with Crippen molar-refractivity contribution in [2.75, 3.05) is 20.6 Å². The molecule has 26 heavy (non-hydrogen) atoms. The summed E-state index contributed by atoms with van der Waals surface area (Å²) in [5.74, 6) is 0.121. The highest BCUT2D eigenvalue weighted by atomic mass is 35.5. The number of halogens is 1. The van der Waals surface area contributed by atoms with E-state index in [1.807, 2.05) is 30.3 Å². The van der Waals surface area contributed by atoms with Crippen LogP contribution in [0.4, 0.5) is 0 Å². The summed E-state index contributed by atoms with van der Waals surface area (Å²) in [5, 5.41) is 0.718. The van der Waals surface area contributed by atoms with Gasteiger partial charge in [0.1, 0.15) is 0 Å². The quantitative estimate of drug-likeness (QED) is 0.768. The third-order valence-electron chi connectivity index (χ3n) is 5.28. The van der Waals surface area contributed by atoms with Crippen LogP contribution in [0.15, 0.2) is 48.5 Å². The third-order valence-corrected chi connectivity index (χ3v) is 5.53. The molecule has 0 N–H and O–H groups in total. The van der Waals surface area contributed by atoms with Gasteiger partial charge in [0, 0.05) is 29.6 Å². The first-order valence-corrected chi connectivity index (χ1v) is 9.55. The fraction of sp³-hybridized carbons (Fsp3) is 0.409. The van der Waals surface area contributed by atoms with Crippen molar-refractivity contribution in [2.45, 2.75) is 38.3 Å². The molecule has 0 bridgehead atoms. The summed E-state index contributed by atoms with van der Waals surface area (Å²) in [5.41, 5.74) is 2.74. The second kappa shape index (κ2) is 7.42. The SMILES string of the molecule is CC(C)N1C(=O)c2ccccc2CC1(CCN(C)C)c1ccc(Cl)cc1. The van der Waals surface area contributed by atoms with Crippen LogP contribution in [0.2, 0.25) is 5.02 Å². The van der Waals surface area contributed by atoms with Gasteiger partial charge in [-0.3, -0.25) is 4.79 Å². The maximum Gasteiger partial charge on any atom is 0.255 e. The van der Waals surface area contributed by atoms with E-state index in [-0.39, 0.29) is 17.5 Å². The van der Waals surface area contributed by atoms with Crippen LogP contribution in [0, 0.1) is 0 Å². The average molecular weight is 371 g/mol. The van der Waals surface area contributed by atoms with Crippen LogP contribution in [0.1, 0.15) is 41.8 Å². The van der Waals surface area contributed by atoms with Crippen molar-refractivity contribution in [2.24, 2.45) is 0 Å². The molecular weight excluding hydrogens is 344 g/mol. The number of fused-ring (bicyclic) bond motifs is 1. The molecule has 0 fully saturated rings. The molecule has 1 heterocycles. The number of carbonyl (C=O) groups is 1. The molecule has 3 nitrogen and oxygen atoms in total. The minimum Gasteiger partial charge on any atom is -0.326 e. The number of nitrogens with zero attached hydrogens (tertiary/aromatic N) is 2. The second-order valence-electron chi connectivity index (χ2n) is 7.69. The molecule has 1 atom stereocenters. The molecule has 2 aromatic carbocycles. The Balaban J connectivity index is 2.19. The Bertz CT molecular complexity index is 785. The zero-order valence-corrected chi connectivity index (χ0v) is 16.8. The van der Waals surface area contributed by atoms with Gasteiger partial charge in [0.2, 0.25) is 0 Å². The topological polar surface area (TPSA) is 23.6 Å². The van der Waals surface area contributed by atoms with E-state index in [4.69, 9.17) is 11.6 Å². The highest BCUT2D eigenvalue weighted by Gasteiger charge is 2.46. The number of hydrogen-bond acceptors (Lipinski definition) is 2.